The Morgan fingerprint density at radius 3 is 2.60 bits per heavy atom. The Hall–Kier alpha value is -1.86. The van der Waals surface area contributed by atoms with Crippen LogP contribution in [0.2, 0.25) is 0 Å². The highest BCUT2D eigenvalue weighted by Crippen LogP contribution is 2.22. The number of hydrogen-bond donors (Lipinski definition) is 0. The van der Waals surface area contributed by atoms with Gasteiger partial charge in [-0.15, -0.1) is 0 Å². The van der Waals surface area contributed by atoms with Crippen LogP contribution in [0.25, 0.3) is 5.69 Å². The van der Waals surface area contributed by atoms with Gasteiger partial charge in [0.1, 0.15) is 11.5 Å². The van der Waals surface area contributed by atoms with Gasteiger partial charge in [-0.1, -0.05) is 11.8 Å². The fourth-order valence-electron chi connectivity index (χ4n) is 1.71. The molecule has 106 valence electrons. The van der Waals surface area contributed by atoms with Crippen LogP contribution in [0, 0.1) is 5.82 Å². The number of carbonyl (C=O) groups is 1. The number of aromatic nitrogens is 2. The maximum absolute atomic E-state index is 13.0. The van der Waals surface area contributed by atoms with E-state index in [4.69, 9.17) is 4.84 Å². The van der Waals surface area contributed by atoms with Gasteiger partial charge in [0.25, 0.3) is 5.91 Å². The lowest BCUT2D eigenvalue weighted by atomic mass is 10.3. The van der Waals surface area contributed by atoms with E-state index in [1.807, 2.05) is 6.26 Å². The minimum atomic E-state index is -0.332. The highest BCUT2D eigenvalue weighted by molar-refractivity contribution is 7.98. The summed E-state index contributed by atoms with van der Waals surface area (Å²) in [6, 6.07) is 5.88. The van der Waals surface area contributed by atoms with Gasteiger partial charge >= 0.3 is 0 Å². The van der Waals surface area contributed by atoms with E-state index in [2.05, 4.69) is 4.98 Å². The van der Waals surface area contributed by atoms with Crippen LogP contribution in [0.4, 0.5) is 4.39 Å². The Labute approximate surface area is 120 Å². The van der Waals surface area contributed by atoms with Crippen LogP contribution in [0.5, 0.6) is 0 Å². The van der Waals surface area contributed by atoms with Gasteiger partial charge in [0, 0.05) is 12.7 Å². The molecule has 0 atom stereocenters. The van der Waals surface area contributed by atoms with Crippen LogP contribution < -0.4 is 0 Å². The fourth-order valence-corrected chi connectivity index (χ4v) is 2.26. The van der Waals surface area contributed by atoms with Gasteiger partial charge in [-0.05, 0) is 30.5 Å². The molecule has 0 spiro atoms. The number of benzene rings is 1. The van der Waals surface area contributed by atoms with Crippen LogP contribution in [0.15, 0.2) is 35.6 Å². The van der Waals surface area contributed by atoms with Crippen molar-refractivity contribution in [3.05, 3.63) is 42.0 Å². The molecule has 0 saturated carbocycles. The molecule has 0 N–H and O–H groups in total. The summed E-state index contributed by atoms with van der Waals surface area (Å²) >= 11 is 1.40. The molecule has 1 heterocycles. The summed E-state index contributed by atoms with van der Waals surface area (Å²) in [5.41, 5.74) is 1.02. The highest BCUT2D eigenvalue weighted by atomic mass is 32.2. The number of rotatable bonds is 4. The smallest absolute Gasteiger partial charge is 0.283 e. The standard InChI is InChI=1S/C13H14FN3O2S/c1-16(19-2)12(18)11-8-15-13(20-3)17(11)10-6-4-9(14)5-7-10/h4-8H,1-3H3. The third-order valence-electron chi connectivity index (χ3n) is 2.78. The maximum Gasteiger partial charge on any atom is 0.295 e. The molecule has 5 nitrogen and oxygen atoms in total. The minimum Gasteiger partial charge on any atom is -0.283 e. The number of thioether (sulfide) groups is 1. The molecule has 0 radical (unpaired) electrons. The van der Waals surface area contributed by atoms with E-state index < -0.39 is 0 Å². The van der Waals surface area contributed by atoms with E-state index in [-0.39, 0.29) is 11.7 Å². The third kappa shape index (κ3) is 2.68. The van der Waals surface area contributed by atoms with E-state index in [1.165, 1.54) is 44.2 Å². The molecule has 0 saturated heterocycles. The molecule has 0 aliphatic rings. The Balaban J connectivity index is 2.52. The minimum absolute atomic E-state index is 0.329. The molecule has 1 amide bonds. The largest absolute Gasteiger partial charge is 0.295 e. The van der Waals surface area contributed by atoms with Crippen molar-refractivity contribution >= 4 is 17.7 Å². The number of amides is 1. The number of halogens is 1. The van der Waals surface area contributed by atoms with Crippen molar-refractivity contribution in [1.29, 1.82) is 0 Å². The van der Waals surface area contributed by atoms with Gasteiger partial charge in [0.15, 0.2) is 5.16 Å². The van der Waals surface area contributed by atoms with Crippen molar-refractivity contribution in [2.24, 2.45) is 0 Å². The summed E-state index contributed by atoms with van der Waals surface area (Å²) in [6.45, 7) is 0. The van der Waals surface area contributed by atoms with Crippen LogP contribution in [-0.4, -0.2) is 40.9 Å². The van der Waals surface area contributed by atoms with E-state index in [1.54, 1.807) is 16.7 Å². The Bertz CT molecular complexity index is 613. The summed E-state index contributed by atoms with van der Waals surface area (Å²) in [5, 5.41) is 1.76. The predicted molar refractivity (Wildman–Crippen MR) is 74.4 cm³/mol. The van der Waals surface area contributed by atoms with Crippen LogP contribution in [0.1, 0.15) is 10.5 Å². The van der Waals surface area contributed by atoms with Crippen LogP contribution in [0.3, 0.4) is 0 Å². The predicted octanol–water partition coefficient (Wildman–Crippen LogP) is 2.37. The van der Waals surface area contributed by atoms with Crippen molar-refractivity contribution in [1.82, 2.24) is 14.6 Å². The summed E-state index contributed by atoms with van der Waals surface area (Å²) < 4.78 is 14.7. The first-order valence-electron chi connectivity index (χ1n) is 5.78. The lowest BCUT2D eigenvalue weighted by Gasteiger charge is -2.15. The van der Waals surface area contributed by atoms with E-state index in [0.717, 1.165) is 5.06 Å². The average molecular weight is 295 g/mol. The van der Waals surface area contributed by atoms with Gasteiger partial charge < -0.3 is 0 Å². The second-order valence-electron chi connectivity index (χ2n) is 3.93. The number of imidazole rings is 1. The SMILES string of the molecule is CON(C)C(=O)c1cnc(SC)n1-c1ccc(F)cc1. The van der Waals surface area contributed by atoms with Gasteiger partial charge in [-0.25, -0.2) is 14.4 Å². The first-order valence-corrected chi connectivity index (χ1v) is 7.00. The molecule has 0 aliphatic heterocycles. The van der Waals surface area contributed by atoms with Gasteiger partial charge in [0.05, 0.1) is 13.3 Å². The molecule has 0 aliphatic carbocycles. The van der Waals surface area contributed by atoms with Crippen molar-refractivity contribution in [3.8, 4) is 5.69 Å². The molecule has 7 heteroatoms. The summed E-state index contributed by atoms with van der Waals surface area (Å²) in [5.74, 6) is -0.661. The van der Waals surface area contributed by atoms with Crippen molar-refractivity contribution in [2.75, 3.05) is 20.4 Å². The molecule has 1 aromatic heterocycles. The van der Waals surface area contributed by atoms with Crippen LogP contribution in [-0.2, 0) is 4.84 Å². The Kier molecular flexibility index (Phi) is 4.41. The fraction of sp³-hybridized carbons (Fsp3) is 0.231. The molecule has 0 unspecified atom stereocenters. The third-order valence-corrected chi connectivity index (χ3v) is 3.43. The monoisotopic (exact) mass is 295 g/mol. The number of hydrogen-bond acceptors (Lipinski definition) is 4. The maximum atomic E-state index is 13.0. The van der Waals surface area contributed by atoms with Crippen LogP contribution >= 0.6 is 11.8 Å². The van der Waals surface area contributed by atoms with Crippen molar-refractivity contribution < 1.29 is 14.0 Å². The second-order valence-corrected chi connectivity index (χ2v) is 4.70. The van der Waals surface area contributed by atoms with Gasteiger partial charge in [-0.3, -0.25) is 14.2 Å². The molecular formula is C13H14FN3O2S. The molecule has 1 aromatic carbocycles. The second kappa shape index (κ2) is 6.06. The lowest BCUT2D eigenvalue weighted by molar-refractivity contribution is -0.0762. The van der Waals surface area contributed by atoms with E-state index >= 15 is 0 Å². The summed E-state index contributed by atoms with van der Waals surface area (Å²) in [6.07, 6.45) is 3.34. The average Bonchev–Trinajstić information content (AvgIpc) is 2.90. The molecular weight excluding hydrogens is 281 g/mol. The van der Waals surface area contributed by atoms with Crippen molar-refractivity contribution in [2.45, 2.75) is 5.16 Å². The lowest BCUT2D eigenvalue weighted by Crippen LogP contribution is -2.27. The quantitative estimate of drug-likeness (QED) is 0.642. The zero-order valence-corrected chi connectivity index (χ0v) is 12.1. The highest BCUT2D eigenvalue weighted by Gasteiger charge is 2.20. The summed E-state index contributed by atoms with van der Waals surface area (Å²) in [7, 11) is 2.93. The zero-order valence-electron chi connectivity index (χ0n) is 11.3. The molecule has 2 aromatic rings. The van der Waals surface area contributed by atoms with Crippen molar-refractivity contribution in [3.63, 3.8) is 0 Å². The van der Waals surface area contributed by atoms with Gasteiger partial charge in [0.2, 0.25) is 0 Å². The first-order chi connectivity index (χ1) is 9.58. The Morgan fingerprint density at radius 1 is 1.40 bits per heavy atom. The topological polar surface area (TPSA) is 47.4 Å². The number of hydroxylamine groups is 2. The van der Waals surface area contributed by atoms with Gasteiger partial charge in [-0.2, -0.15) is 0 Å². The van der Waals surface area contributed by atoms with E-state index in [0.29, 0.717) is 16.5 Å². The first kappa shape index (κ1) is 14.5. The zero-order chi connectivity index (χ0) is 14.7. The Morgan fingerprint density at radius 2 is 2.05 bits per heavy atom. The summed E-state index contributed by atoms with van der Waals surface area (Å²) in [4.78, 5) is 21.3. The molecule has 20 heavy (non-hydrogen) atoms. The molecule has 0 bridgehead atoms. The van der Waals surface area contributed by atoms with E-state index in [9.17, 15) is 9.18 Å². The molecule has 2 rings (SSSR count). The number of nitrogens with zero attached hydrogens (tertiary/aromatic N) is 3. The molecule has 0 fully saturated rings. The number of carbonyl (C=O) groups excluding carboxylic acids is 1. The normalized spacial score (nSPS) is 10.6.